The Morgan fingerprint density at radius 1 is 1.04 bits per heavy atom. The molecule has 0 saturated carbocycles. The van der Waals surface area contributed by atoms with E-state index in [-0.39, 0.29) is 18.7 Å². The fourth-order valence-corrected chi connectivity index (χ4v) is 3.08. The van der Waals surface area contributed by atoms with E-state index < -0.39 is 18.2 Å². The molecular formula is C19H17NO4. The molecule has 2 saturated heterocycles. The Labute approximate surface area is 139 Å². The first kappa shape index (κ1) is 14.9. The summed E-state index contributed by atoms with van der Waals surface area (Å²) >= 11 is 0. The first-order chi connectivity index (χ1) is 11.7. The van der Waals surface area contributed by atoms with E-state index in [0.717, 1.165) is 11.1 Å². The number of β-lactam (4-membered cyclic amide) rings is 1. The van der Waals surface area contributed by atoms with Crippen LogP contribution in [0.15, 0.2) is 60.7 Å². The topological polar surface area (TPSA) is 55.8 Å². The van der Waals surface area contributed by atoms with Crippen LogP contribution in [-0.2, 0) is 19.1 Å². The van der Waals surface area contributed by atoms with Crippen molar-refractivity contribution in [2.75, 3.05) is 6.54 Å². The number of carbonyl (C=O) groups excluding carboxylic acids is 2. The molecule has 2 unspecified atom stereocenters. The van der Waals surface area contributed by atoms with E-state index in [1.54, 1.807) is 4.90 Å². The largest absolute Gasteiger partial charge is 0.451 e. The highest BCUT2D eigenvalue weighted by atomic mass is 16.6. The minimum absolute atomic E-state index is 0.0259. The van der Waals surface area contributed by atoms with Gasteiger partial charge >= 0.3 is 5.97 Å². The average molecular weight is 323 g/mol. The molecule has 1 amide bonds. The van der Waals surface area contributed by atoms with E-state index in [9.17, 15) is 9.59 Å². The molecule has 2 aliphatic rings. The molecule has 0 spiro atoms. The predicted molar refractivity (Wildman–Crippen MR) is 85.8 cm³/mol. The van der Waals surface area contributed by atoms with Gasteiger partial charge in [-0.15, -0.1) is 0 Å². The number of nitrogens with zero attached hydrogens (tertiary/aromatic N) is 1. The molecule has 2 heterocycles. The van der Waals surface area contributed by atoms with Crippen molar-refractivity contribution in [3.63, 3.8) is 0 Å². The van der Waals surface area contributed by atoms with Crippen LogP contribution in [0.2, 0.25) is 0 Å². The lowest BCUT2D eigenvalue weighted by molar-refractivity contribution is -0.167. The third-order valence-corrected chi connectivity index (χ3v) is 4.40. The summed E-state index contributed by atoms with van der Waals surface area (Å²) in [6, 6.07) is 19.2. The highest BCUT2D eigenvalue weighted by molar-refractivity contribution is 5.85. The second-order valence-corrected chi connectivity index (χ2v) is 5.97. The van der Waals surface area contributed by atoms with Gasteiger partial charge in [0.15, 0.2) is 12.2 Å². The molecule has 0 aromatic heterocycles. The van der Waals surface area contributed by atoms with Crippen molar-refractivity contribution >= 4 is 11.9 Å². The lowest BCUT2D eigenvalue weighted by Gasteiger charge is -2.31. The molecule has 2 aromatic rings. The van der Waals surface area contributed by atoms with Gasteiger partial charge in [0.1, 0.15) is 6.23 Å². The highest BCUT2D eigenvalue weighted by Gasteiger charge is 2.48. The Balaban J connectivity index is 1.54. The van der Waals surface area contributed by atoms with Crippen LogP contribution in [0.5, 0.6) is 0 Å². The standard InChI is InChI=1S/C19H17NO4/c21-16-11-17-20(16)12-15(23-17)19(22)24-18(13-7-3-1-4-8-13)14-9-5-2-6-10-14/h1-10,15,17-18H,11-12H2. The van der Waals surface area contributed by atoms with Gasteiger partial charge in [-0.25, -0.2) is 4.79 Å². The summed E-state index contributed by atoms with van der Waals surface area (Å²) in [6.45, 7) is 0.276. The quantitative estimate of drug-likeness (QED) is 0.640. The van der Waals surface area contributed by atoms with Crippen molar-refractivity contribution in [2.24, 2.45) is 0 Å². The molecule has 2 atom stereocenters. The van der Waals surface area contributed by atoms with Crippen LogP contribution in [0.25, 0.3) is 0 Å². The maximum atomic E-state index is 12.5. The molecular weight excluding hydrogens is 306 g/mol. The minimum Gasteiger partial charge on any atom is -0.451 e. The fourth-order valence-electron chi connectivity index (χ4n) is 3.08. The van der Waals surface area contributed by atoms with Crippen molar-refractivity contribution in [1.29, 1.82) is 0 Å². The van der Waals surface area contributed by atoms with Gasteiger partial charge in [-0.05, 0) is 11.1 Å². The van der Waals surface area contributed by atoms with Crippen LogP contribution in [0.3, 0.4) is 0 Å². The maximum absolute atomic E-state index is 12.5. The van der Waals surface area contributed by atoms with Gasteiger partial charge in [-0.3, -0.25) is 4.79 Å². The molecule has 5 nitrogen and oxygen atoms in total. The van der Waals surface area contributed by atoms with Crippen LogP contribution in [0, 0.1) is 0 Å². The number of amides is 1. The molecule has 4 rings (SSSR count). The number of carbonyl (C=O) groups is 2. The Bertz CT molecular complexity index is 707. The zero-order chi connectivity index (χ0) is 16.5. The van der Waals surface area contributed by atoms with Crippen LogP contribution in [0.4, 0.5) is 0 Å². The van der Waals surface area contributed by atoms with Crippen molar-refractivity contribution in [3.8, 4) is 0 Å². The average Bonchev–Trinajstić information content (AvgIpc) is 2.98. The predicted octanol–water partition coefficient (Wildman–Crippen LogP) is 2.28. The molecule has 0 radical (unpaired) electrons. The number of hydrogen-bond acceptors (Lipinski definition) is 4. The van der Waals surface area contributed by atoms with Crippen LogP contribution < -0.4 is 0 Å². The van der Waals surface area contributed by atoms with E-state index in [2.05, 4.69) is 0 Å². The maximum Gasteiger partial charge on any atom is 0.338 e. The van der Waals surface area contributed by atoms with Gasteiger partial charge in [0.2, 0.25) is 5.91 Å². The Hall–Kier alpha value is -2.66. The summed E-state index contributed by atoms with van der Waals surface area (Å²) in [5.74, 6) is -0.409. The third-order valence-electron chi connectivity index (χ3n) is 4.40. The number of benzene rings is 2. The number of ether oxygens (including phenoxy) is 2. The Morgan fingerprint density at radius 2 is 1.62 bits per heavy atom. The summed E-state index contributed by atoms with van der Waals surface area (Å²) in [5.41, 5.74) is 1.80. The van der Waals surface area contributed by atoms with Crippen LogP contribution in [0.1, 0.15) is 23.7 Å². The summed E-state index contributed by atoms with van der Waals surface area (Å²) in [4.78, 5) is 25.6. The Kier molecular flexibility index (Phi) is 3.78. The second-order valence-electron chi connectivity index (χ2n) is 5.97. The van der Waals surface area contributed by atoms with Gasteiger partial charge < -0.3 is 14.4 Å². The summed E-state index contributed by atoms with van der Waals surface area (Å²) in [5, 5.41) is 0. The number of esters is 1. The zero-order valence-electron chi connectivity index (χ0n) is 13.0. The van der Waals surface area contributed by atoms with E-state index in [0.29, 0.717) is 6.42 Å². The van der Waals surface area contributed by atoms with Crippen molar-refractivity contribution in [3.05, 3.63) is 71.8 Å². The zero-order valence-corrected chi connectivity index (χ0v) is 13.0. The van der Waals surface area contributed by atoms with Crippen molar-refractivity contribution in [2.45, 2.75) is 24.9 Å². The summed E-state index contributed by atoms with van der Waals surface area (Å²) < 4.78 is 11.4. The SMILES string of the molecule is O=C(OC(c1ccccc1)c1ccccc1)C1CN2C(=O)CC2O1. The van der Waals surface area contributed by atoms with E-state index in [1.807, 2.05) is 60.7 Å². The van der Waals surface area contributed by atoms with E-state index >= 15 is 0 Å². The van der Waals surface area contributed by atoms with E-state index in [1.165, 1.54) is 0 Å². The summed E-state index contributed by atoms with van der Waals surface area (Å²) in [6.07, 6.45) is -1.12. The molecule has 2 fully saturated rings. The van der Waals surface area contributed by atoms with E-state index in [4.69, 9.17) is 9.47 Å². The molecule has 5 heteroatoms. The van der Waals surface area contributed by atoms with Gasteiger partial charge in [-0.2, -0.15) is 0 Å². The first-order valence-electron chi connectivity index (χ1n) is 7.97. The van der Waals surface area contributed by atoms with Gasteiger partial charge in [0.05, 0.1) is 13.0 Å². The lowest BCUT2D eigenvalue weighted by Crippen LogP contribution is -2.48. The molecule has 24 heavy (non-hydrogen) atoms. The number of rotatable bonds is 4. The van der Waals surface area contributed by atoms with Crippen LogP contribution in [-0.4, -0.2) is 35.7 Å². The first-order valence-corrected chi connectivity index (χ1v) is 7.97. The molecule has 0 aliphatic carbocycles. The van der Waals surface area contributed by atoms with Gasteiger partial charge in [0.25, 0.3) is 0 Å². The second kappa shape index (κ2) is 6.09. The monoisotopic (exact) mass is 323 g/mol. The van der Waals surface area contributed by atoms with Crippen molar-refractivity contribution < 1.29 is 19.1 Å². The summed E-state index contributed by atoms with van der Waals surface area (Å²) in [7, 11) is 0. The third kappa shape index (κ3) is 2.67. The normalized spacial score (nSPS) is 22.2. The molecule has 0 bridgehead atoms. The smallest absolute Gasteiger partial charge is 0.338 e. The van der Waals surface area contributed by atoms with Crippen LogP contribution >= 0.6 is 0 Å². The fraction of sp³-hybridized carbons (Fsp3) is 0.263. The Morgan fingerprint density at radius 3 is 2.12 bits per heavy atom. The molecule has 122 valence electrons. The number of hydrogen-bond donors (Lipinski definition) is 0. The highest BCUT2D eigenvalue weighted by Crippen LogP contribution is 2.31. The van der Waals surface area contributed by atoms with Gasteiger partial charge in [-0.1, -0.05) is 60.7 Å². The minimum atomic E-state index is -0.712. The molecule has 2 aromatic carbocycles. The molecule has 2 aliphatic heterocycles. The lowest BCUT2D eigenvalue weighted by atomic mass is 10.0. The van der Waals surface area contributed by atoms with Crippen molar-refractivity contribution in [1.82, 2.24) is 4.90 Å². The molecule has 0 N–H and O–H groups in total. The van der Waals surface area contributed by atoms with Gasteiger partial charge in [0, 0.05) is 0 Å². The number of fused-ring (bicyclic) bond motifs is 1.